The van der Waals surface area contributed by atoms with Gasteiger partial charge in [-0.1, -0.05) is 35.9 Å². The number of hydrogen-bond donors (Lipinski definition) is 1. The van der Waals surface area contributed by atoms with Crippen molar-refractivity contribution >= 4 is 23.7 Å². The third-order valence-electron chi connectivity index (χ3n) is 2.78. The summed E-state index contributed by atoms with van der Waals surface area (Å²) in [5.41, 5.74) is 1.99. The third-order valence-corrected chi connectivity index (χ3v) is 3.90. The van der Waals surface area contributed by atoms with Crippen molar-refractivity contribution in [3.8, 4) is 0 Å². The summed E-state index contributed by atoms with van der Waals surface area (Å²) in [7, 11) is 0. The SMILES string of the molecule is CCN(Sc1ccccc1)C(=O)Nc1ccc(C)cc1. The summed E-state index contributed by atoms with van der Waals surface area (Å²) in [6, 6.07) is 17.6. The summed E-state index contributed by atoms with van der Waals surface area (Å²) >= 11 is 1.44. The van der Waals surface area contributed by atoms with Crippen LogP contribution in [-0.4, -0.2) is 16.9 Å². The van der Waals surface area contributed by atoms with Crippen LogP contribution in [0.25, 0.3) is 0 Å². The van der Waals surface area contributed by atoms with Crippen LogP contribution in [0.4, 0.5) is 10.5 Å². The van der Waals surface area contributed by atoms with Gasteiger partial charge in [0.15, 0.2) is 0 Å². The van der Waals surface area contributed by atoms with Crippen LogP contribution in [0.3, 0.4) is 0 Å². The Morgan fingerprint density at radius 1 is 1.10 bits per heavy atom. The molecular weight excluding hydrogens is 268 g/mol. The molecule has 4 heteroatoms. The Bertz CT molecular complexity index is 554. The van der Waals surface area contributed by atoms with Crippen molar-refractivity contribution in [2.45, 2.75) is 18.7 Å². The summed E-state index contributed by atoms with van der Waals surface area (Å²) in [6.45, 7) is 4.62. The van der Waals surface area contributed by atoms with Crippen molar-refractivity contribution in [1.82, 2.24) is 4.31 Å². The summed E-state index contributed by atoms with van der Waals surface area (Å²) in [5, 5.41) is 2.91. The number of nitrogens with one attached hydrogen (secondary N) is 1. The molecule has 0 aliphatic heterocycles. The third kappa shape index (κ3) is 4.03. The molecule has 0 aliphatic carbocycles. The largest absolute Gasteiger partial charge is 0.332 e. The first-order valence-corrected chi connectivity index (χ1v) is 7.34. The van der Waals surface area contributed by atoms with E-state index >= 15 is 0 Å². The van der Waals surface area contributed by atoms with E-state index in [0.717, 1.165) is 10.6 Å². The van der Waals surface area contributed by atoms with Crippen molar-refractivity contribution in [3.05, 3.63) is 60.2 Å². The van der Waals surface area contributed by atoms with Crippen LogP contribution in [-0.2, 0) is 0 Å². The van der Waals surface area contributed by atoms with Crippen molar-refractivity contribution < 1.29 is 4.79 Å². The number of benzene rings is 2. The molecule has 1 N–H and O–H groups in total. The molecule has 0 spiro atoms. The fourth-order valence-corrected chi connectivity index (χ4v) is 2.47. The number of carbonyl (C=O) groups excluding carboxylic acids is 1. The zero-order chi connectivity index (χ0) is 14.4. The summed E-state index contributed by atoms with van der Waals surface area (Å²) < 4.78 is 1.70. The van der Waals surface area contributed by atoms with Gasteiger partial charge in [-0.2, -0.15) is 0 Å². The molecule has 0 bridgehead atoms. The van der Waals surface area contributed by atoms with Crippen molar-refractivity contribution in [2.24, 2.45) is 0 Å². The number of amides is 2. The highest BCUT2D eigenvalue weighted by atomic mass is 32.2. The molecule has 0 unspecified atom stereocenters. The maximum Gasteiger partial charge on any atom is 0.332 e. The van der Waals surface area contributed by atoms with E-state index in [9.17, 15) is 4.79 Å². The van der Waals surface area contributed by atoms with Gasteiger partial charge in [-0.05, 0) is 50.1 Å². The van der Waals surface area contributed by atoms with Gasteiger partial charge in [0, 0.05) is 17.1 Å². The average molecular weight is 286 g/mol. The minimum absolute atomic E-state index is 0.106. The minimum atomic E-state index is -0.106. The molecule has 0 saturated carbocycles. The van der Waals surface area contributed by atoms with Gasteiger partial charge in [-0.3, -0.25) is 4.31 Å². The summed E-state index contributed by atoms with van der Waals surface area (Å²) in [5.74, 6) is 0. The highest BCUT2D eigenvalue weighted by molar-refractivity contribution is 7.97. The molecular formula is C16H18N2OS. The Hall–Kier alpha value is -1.94. The van der Waals surface area contributed by atoms with Gasteiger partial charge in [0.2, 0.25) is 0 Å². The van der Waals surface area contributed by atoms with E-state index in [4.69, 9.17) is 0 Å². The molecule has 2 aromatic carbocycles. The predicted molar refractivity (Wildman–Crippen MR) is 84.9 cm³/mol. The number of nitrogens with zero attached hydrogens (tertiary/aromatic N) is 1. The topological polar surface area (TPSA) is 32.3 Å². The second-order valence-electron chi connectivity index (χ2n) is 4.40. The first-order chi connectivity index (χ1) is 9.69. The molecule has 0 radical (unpaired) electrons. The molecule has 0 atom stereocenters. The molecule has 20 heavy (non-hydrogen) atoms. The van der Waals surface area contributed by atoms with Crippen LogP contribution >= 0.6 is 11.9 Å². The summed E-state index contributed by atoms with van der Waals surface area (Å²) in [6.07, 6.45) is 0. The maximum atomic E-state index is 12.2. The lowest BCUT2D eigenvalue weighted by Gasteiger charge is -2.20. The molecule has 2 amide bonds. The van der Waals surface area contributed by atoms with Crippen LogP contribution in [0.5, 0.6) is 0 Å². The van der Waals surface area contributed by atoms with E-state index in [1.54, 1.807) is 4.31 Å². The van der Waals surface area contributed by atoms with Crippen molar-refractivity contribution in [2.75, 3.05) is 11.9 Å². The van der Waals surface area contributed by atoms with Crippen molar-refractivity contribution in [1.29, 1.82) is 0 Å². The monoisotopic (exact) mass is 286 g/mol. The smallest absolute Gasteiger partial charge is 0.307 e. The van der Waals surface area contributed by atoms with E-state index in [-0.39, 0.29) is 6.03 Å². The minimum Gasteiger partial charge on any atom is -0.307 e. The standard InChI is InChI=1S/C16H18N2OS/c1-3-18(20-15-7-5-4-6-8-15)16(19)17-14-11-9-13(2)10-12-14/h4-12H,3H2,1-2H3,(H,17,19). The second kappa shape index (κ2) is 7.01. The van der Waals surface area contributed by atoms with Crippen molar-refractivity contribution in [3.63, 3.8) is 0 Å². The normalized spacial score (nSPS) is 10.1. The quantitative estimate of drug-likeness (QED) is 0.836. The van der Waals surface area contributed by atoms with Gasteiger partial charge in [-0.25, -0.2) is 4.79 Å². The molecule has 2 rings (SSSR count). The van der Waals surface area contributed by atoms with E-state index in [0.29, 0.717) is 6.54 Å². The Balaban J connectivity index is 2.00. The number of rotatable bonds is 4. The number of anilines is 1. The van der Waals surface area contributed by atoms with Crippen LogP contribution < -0.4 is 5.32 Å². The number of urea groups is 1. The van der Waals surface area contributed by atoms with Gasteiger partial charge in [-0.15, -0.1) is 0 Å². The maximum absolute atomic E-state index is 12.2. The van der Waals surface area contributed by atoms with Gasteiger partial charge < -0.3 is 5.32 Å². The van der Waals surface area contributed by atoms with Crippen LogP contribution in [0.1, 0.15) is 12.5 Å². The molecule has 0 aromatic heterocycles. The molecule has 0 saturated heterocycles. The van der Waals surface area contributed by atoms with E-state index < -0.39 is 0 Å². The lowest BCUT2D eigenvalue weighted by Crippen LogP contribution is -2.28. The average Bonchev–Trinajstić information content (AvgIpc) is 2.48. The predicted octanol–water partition coefficient (Wildman–Crippen LogP) is 4.56. The number of carbonyl (C=O) groups is 1. The van der Waals surface area contributed by atoms with Gasteiger partial charge in [0.05, 0.1) is 0 Å². The molecule has 2 aromatic rings. The van der Waals surface area contributed by atoms with E-state index in [1.165, 1.54) is 17.5 Å². The van der Waals surface area contributed by atoms with Gasteiger partial charge in [0.25, 0.3) is 0 Å². The van der Waals surface area contributed by atoms with Gasteiger partial charge >= 0.3 is 6.03 Å². The first-order valence-electron chi connectivity index (χ1n) is 6.57. The molecule has 104 valence electrons. The Morgan fingerprint density at radius 2 is 1.75 bits per heavy atom. The lowest BCUT2D eigenvalue weighted by atomic mass is 10.2. The van der Waals surface area contributed by atoms with E-state index in [2.05, 4.69) is 5.32 Å². The Kier molecular flexibility index (Phi) is 5.07. The Morgan fingerprint density at radius 3 is 2.35 bits per heavy atom. The fourth-order valence-electron chi connectivity index (χ4n) is 1.68. The number of aryl methyl sites for hydroxylation is 1. The molecule has 3 nitrogen and oxygen atoms in total. The fraction of sp³-hybridized carbons (Fsp3) is 0.188. The molecule has 0 heterocycles. The van der Waals surface area contributed by atoms with Crippen LogP contribution in [0.2, 0.25) is 0 Å². The first kappa shape index (κ1) is 14.5. The zero-order valence-corrected chi connectivity index (χ0v) is 12.5. The zero-order valence-electron chi connectivity index (χ0n) is 11.7. The summed E-state index contributed by atoms with van der Waals surface area (Å²) in [4.78, 5) is 13.3. The van der Waals surface area contributed by atoms with Crippen LogP contribution in [0, 0.1) is 6.92 Å². The highest BCUT2D eigenvalue weighted by Gasteiger charge is 2.13. The highest BCUT2D eigenvalue weighted by Crippen LogP contribution is 2.23. The van der Waals surface area contributed by atoms with Crippen LogP contribution in [0.15, 0.2) is 59.5 Å². The number of hydrogen-bond acceptors (Lipinski definition) is 2. The molecule has 0 fully saturated rings. The lowest BCUT2D eigenvalue weighted by molar-refractivity contribution is 0.239. The van der Waals surface area contributed by atoms with Gasteiger partial charge in [0.1, 0.15) is 0 Å². The second-order valence-corrected chi connectivity index (χ2v) is 5.49. The van der Waals surface area contributed by atoms with E-state index in [1.807, 2.05) is 68.4 Å². The molecule has 0 aliphatic rings. The Labute approximate surface area is 124 Å².